The molecule has 0 radical (unpaired) electrons. The third-order valence-electron chi connectivity index (χ3n) is 3.70. The monoisotopic (exact) mass is 426 g/mol. The highest BCUT2D eigenvalue weighted by atomic mass is 79.9. The maximum atomic E-state index is 12.7. The topological polar surface area (TPSA) is 60.5 Å². The Morgan fingerprint density at radius 2 is 1.93 bits per heavy atom. The lowest BCUT2D eigenvalue weighted by Crippen LogP contribution is -2.13. The smallest absolute Gasteiger partial charge is 0.261 e. The number of nitrogens with one attached hydrogen (secondary N) is 1. The van der Waals surface area contributed by atoms with E-state index in [0.717, 1.165) is 10.0 Å². The molecule has 1 amide bonds. The van der Waals surface area contributed by atoms with Gasteiger partial charge in [-0.1, -0.05) is 28.1 Å². The van der Waals surface area contributed by atoms with Gasteiger partial charge in [0.2, 0.25) is 5.88 Å². The summed E-state index contributed by atoms with van der Waals surface area (Å²) in [5.41, 5.74) is 2.04. The van der Waals surface area contributed by atoms with E-state index in [4.69, 9.17) is 9.47 Å². The number of carbonyl (C=O) groups is 1. The van der Waals surface area contributed by atoms with Crippen molar-refractivity contribution in [3.8, 4) is 11.6 Å². The van der Waals surface area contributed by atoms with Crippen LogP contribution in [0.25, 0.3) is 0 Å². The van der Waals surface area contributed by atoms with E-state index < -0.39 is 0 Å². The lowest BCUT2D eigenvalue weighted by molar-refractivity contribution is 0.102. The standard InChI is InChI=1S/C21H19BrN2O3/c1-2-26-14-15-5-3-6-17(13-15)24-20(25)19-7-4-12-23-21(19)27-18-10-8-16(22)9-11-18/h3-13H,2,14H2,1H3,(H,24,25). The number of rotatable bonds is 7. The van der Waals surface area contributed by atoms with E-state index in [1.54, 1.807) is 30.5 Å². The van der Waals surface area contributed by atoms with E-state index in [0.29, 0.717) is 30.2 Å². The van der Waals surface area contributed by atoms with Crippen molar-refractivity contribution in [3.05, 3.63) is 82.5 Å². The van der Waals surface area contributed by atoms with E-state index in [-0.39, 0.29) is 11.8 Å². The molecule has 0 atom stereocenters. The van der Waals surface area contributed by atoms with Crippen molar-refractivity contribution in [1.82, 2.24) is 4.98 Å². The summed E-state index contributed by atoms with van der Waals surface area (Å²) in [6.45, 7) is 3.09. The maximum Gasteiger partial charge on any atom is 0.261 e. The Morgan fingerprint density at radius 1 is 1.11 bits per heavy atom. The predicted octanol–water partition coefficient (Wildman–Crippen LogP) is 5.43. The van der Waals surface area contributed by atoms with Crippen LogP contribution in [0.2, 0.25) is 0 Å². The van der Waals surface area contributed by atoms with Crippen molar-refractivity contribution < 1.29 is 14.3 Å². The number of halogens is 1. The lowest BCUT2D eigenvalue weighted by atomic mass is 10.2. The summed E-state index contributed by atoms with van der Waals surface area (Å²) >= 11 is 3.38. The van der Waals surface area contributed by atoms with Crippen LogP contribution in [0.5, 0.6) is 11.6 Å². The van der Waals surface area contributed by atoms with Crippen LogP contribution in [-0.4, -0.2) is 17.5 Å². The van der Waals surface area contributed by atoms with E-state index in [2.05, 4.69) is 26.2 Å². The fourth-order valence-electron chi connectivity index (χ4n) is 2.42. The van der Waals surface area contributed by atoms with Crippen LogP contribution in [0.3, 0.4) is 0 Å². The molecule has 5 nitrogen and oxygen atoms in total. The number of hydrogen-bond acceptors (Lipinski definition) is 4. The van der Waals surface area contributed by atoms with E-state index in [1.165, 1.54) is 0 Å². The van der Waals surface area contributed by atoms with Crippen LogP contribution in [0, 0.1) is 0 Å². The summed E-state index contributed by atoms with van der Waals surface area (Å²) < 4.78 is 12.1. The first-order valence-electron chi connectivity index (χ1n) is 8.52. The first kappa shape index (κ1) is 19.1. The number of pyridine rings is 1. The van der Waals surface area contributed by atoms with Crippen LogP contribution < -0.4 is 10.1 Å². The molecule has 1 N–H and O–H groups in total. The zero-order chi connectivity index (χ0) is 19.1. The molecule has 0 spiro atoms. The first-order valence-corrected chi connectivity index (χ1v) is 9.31. The lowest BCUT2D eigenvalue weighted by Gasteiger charge is -2.11. The fraction of sp³-hybridized carbons (Fsp3) is 0.143. The second-order valence-electron chi connectivity index (χ2n) is 5.70. The Morgan fingerprint density at radius 3 is 2.70 bits per heavy atom. The van der Waals surface area contributed by atoms with Gasteiger partial charge in [-0.2, -0.15) is 0 Å². The van der Waals surface area contributed by atoms with Crippen molar-refractivity contribution >= 4 is 27.5 Å². The van der Waals surface area contributed by atoms with Crippen molar-refractivity contribution in [2.75, 3.05) is 11.9 Å². The highest BCUT2D eigenvalue weighted by Gasteiger charge is 2.15. The molecule has 0 aliphatic carbocycles. The third-order valence-corrected chi connectivity index (χ3v) is 4.23. The normalized spacial score (nSPS) is 10.4. The molecule has 0 saturated heterocycles. The Labute approximate surface area is 166 Å². The SMILES string of the molecule is CCOCc1cccc(NC(=O)c2cccnc2Oc2ccc(Br)cc2)c1. The van der Waals surface area contributed by atoms with Gasteiger partial charge in [0, 0.05) is 23.0 Å². The summed E-state index contributed by atoms with van der Waals surface area (Å²) in [5, 5.41) is 2.89. The molecule has 138 valence electrons. The van der Waals surface area contributed by atoms with E-state index >= 15 is 0 Å². The molecule has 0 saturated carbocycles. The van der Waals surface area contributed by atoms with Crippen LogP contribution in [0.15, 0.2) is 71.3 Å². The largest absolute Gasteiger partial charge is 0.438 e. The molecule has 0 unspecified atom stereocenters. The number of ether oxygens (including phenoxy) is 2. The number of hydrogen-bond donors (Lipinski definition) is 1. The van der Waals surface area contributed by atoms with Gasteiger partial charge in [-0.25, -0.2) is 4.98 Å². The number of nitrogens with zero attached hydrogens (tertiary/aromatic N) is 1. The number of aromatic nitrogens is 1. The summed E-state index contributed by atoms with van der Waals surface area (Å²) in [5.74, 6) is 0.566. The summed E-state index contributed by atoms with van der Waals surface area (Å²) in [7, 11) is 0. The third kappa shape index (κ3) is 5.39. The summed E-state index contributed by atoms with van der Waals surface area (Å²) in [6, 6.07) is 18.3. The van der Waals surface area contributed by atoms with Crippen molar-refractivity contribution in [3.63, 3.8) is 0 Å². The molecule has 3 rings (SSSR count). The second kappa shape index (κ2) is 9.30. The van der Waals surface area contributed by atoms with Gasteiger partial charge in [-0.15, -0.1) is 0 Å². The average Bonchev–Trinajstić information content (AvgIpc) is 2.69. The maximum absolute atomic E-state index is 12.7. The molecular formula is C21H19BrN2O3. The second-order valence-corrected chi connectivity index (χ2v) is 6.62. The van der Waals surface area contributed by atoms with E-state index in [9.17, 15) is 4.79 Å². The molecule has 0 bridgehead atoms. The first-order chi connectivity index (χ1) is 13.2. The molecule has 6 heteroatoms. The quantitative estimate of drug-likeness (QED) is 0.547. The molecule has 0 fully saturated rings. The zero-order valence-corrected chi connectivity index (χ0v) is 16.4. The van der Waals surface area contributed by atoms with Gasteiger partial charge < -0.3 is 14.8 Å². The molecule has 2 aromatic carbocycles. The van der Waals surface area contributed by atoms with E-state index in [1.807, 2.05) is 43.3 Å². The van der Waals surface area contributed by atoms with Gasteiger partial charge in [-0.05, 0) is 61.0 Å². The Hall–Kier alpha value is -2.70. The molecule has 0 aliphatic heterocycles. The van der Waals surface area contributed by atoms with Gasteiger partial charge in [0.1, 0.15) is 11.3 Å². The Bertz CT molecular complexity index is 913. The van der Waals surface area contributed by atoms with Gasteiger partial charge in [-0.3, -0.25) is 4.79 Å². The Balaban J connectivity index is 1.76. The summed E-state index contributed by atoms with van der Waals surface area (Å²) in [4.78, 5) is 16.9. The van der Waals surface area contributed by atoms with Crippen LogP contribution >= 0.6 is 15.9 Å². The number of anilines is 1. The molecule has 0 aliphatic rings. The van der Waals surface area contributed by atoms with Crippen molar-refractivity contribution in [2.24, 2.45) is 0 Å². The number of carbonyl (C=O) groups excluding carboxylic acids is 1. The summed E-state index contributed by atoms with van der Waals surface area (Å²) in [6.07, 6.45) is 1.59. The minimum absolute atomic E-state index is 0.253. The van der Waals surface area contributed by atoms with Gasteiger partial charge in [0.05, 0.1) is 6.61 Å². The zero-order valence-electron chi connectivity index (χ0n) is 14.8. The van der Waals surface area contributed by atoms with Gasteiger partial charge in [0.15, 0.2) is 0 Å². The molecule has 27 heavy (non-hydrogen) atoms. The van der Waals surface area contributed by atoms with Crippen LogP contribution in [0.4, 0.5) is 5.69 Å². The van der Waals surface area contributed by atoms with Gasteiger partial charge in [0.25, 0.3) is 5.91 Å². The van der Waals surface area contributed by atoms with Crippen molar-refractivity contribution in [2.45, 2.75) is 13.5 Å². The van der Waals surface area contributed by atoms with Crippen molar-refractivity contribution in [1.29, 1.82) is 0 Å². The van der Waals surface area contributed by atoms with Gasteiger partial charge >= 0.3 is 0 Å². The molecule has 1 aromatic heterocycles. The average molecular weight is 427 g/mol. The molecule has 1 heterocycles. The molecular weight excluding hydrogens is 408 g/mol. The van der Waals surface area contributed by atoms with Crippen LogP contribution in [-0.2, 0) is 11.3 Å². The minimum atomic E-state index is -0.288. The predicted molar refractivity (Wildman–Crippen MR) is 108 cm³/mol. The highest BCUT2D eigenvalue weighted by Crippen LogP contribution is 2.25. The number of benzene rings is 2. The van der Waals surface area contributed by atoms with Crippen LogP contribution in [0.1, 0.15) is 22.8 Å². The minimum Gasteiger partial charge on any atom is -0.438 e. The Kier molecular flexibility index (Phi) is 6.57. The number of amides is 1. The fourth-order valence-corrected chi connectivity index (χ4v) is 2.68. The highest BCUT2D eigenvalue weighted by molar-refractivity contribution is 9.10. The molecule has 3 aromatic rings.